The number of aromatic nitrogens is 5. The number of carbonyl (C=O) groups excluding carboxylic acids is 1. The Hall–Kier alpha value is -4.72. The highest BCUT2D eigenvalue weighted by molar-refractivity contribution is 6.01. The Balaban J connectivity index is 1.41. The Kier molecular flexibility index (Phi) is 4.92. The van der Waals surface area contributed by atoms with Gasteiger partial charge in [0, 0.05) is 51.3 Å². The monoisotopic (exact) mass is 462 g/mol. The second-order valence-corrected chi connectivity index (χ2v) is 8.76. The van der Waals surface area contributed by atoms with Gasteiger partial charge in [0.1, 0.15) is 5.69 Å². The predicted molar refractivity (Wildman–Crippen MR) is 136 cm³/mol. The van der Waals surface area contributed by atoms with Crippen LogP contribution in [0.5, 0.6) is 0 Å². The maximum Gasteiger partial charge on any atom is 0.226 e. The minimum atomic E-state index is -0.115. The van der Waals surface area contributed by atoms with Crippen LogP contribution < -0.4 is 5.32 Å². The fourth-order valence-electron chi connectivity index (χ4n) is 4.17. The number of aromatic amines is 2. The summed E-state index contributed by atoms with van der Waals surface area (Å²) >= 11 is 0. The van der Waals surface area contributed by atoms with Gasteiger partial charge in [-0.25, -0.2) is 4.98 Å². The number of nitrogens with one attached hydrogen (secondary N) is 3. The lowest BCUT2D eigenvalue weighted by Gasteiger charge is -2.09. The summed E-state index contributed by atoms with van der Waals surface area (Å²) in [6.45, 7) is 3.71. The van der Waals surface area contributed by atoms with Crippen LogP contribution in [-0.2, 0) is 4.79 Å². The first-order chi connectivity index (χ1) is 17.1. The van der Waals surface area contributed by atoms with Gasteiger partial charge in [0.05, 0.1) is 30.1 Å². The first-order valence-corrected chi connectivity index (χ1v) is 11.3. The summed E-state index contributed by atoms with van der Waals surface area (Å²) in [5, 5.41) is 12.5. The zero-order chi connectivity index (χ0) is 23.9. The molecule has 3 N–H and O–H groups in total. The highest BCUT2D eigenvalue weighted by Crippen LogP contribution is 2.35. The molecule has 0 bridgehead atoms. The largest absolute Gasteiger partial charge is 0.472 e. The van der Waals surface area contributed by atoms with Crippen LogP contribution in [0.25, 0.3) is 55.6 Å². The van der Waals surface area contributed by atoms with E-state index in [9.17, 15) is 4.79 Å². The molecule has 8 nitrogen and oxygen atoms in total. The molecule has 5 heterocycles. The van der Waals surface area contributed by atoms with Crippen molar-refractivity contribution in [3.8, 4) is 33.6 Å². The van der Waals surface area contributed by atoms with Crippen molar-refractivity contribution in [2.24, 2.45) is 5.92 Å². The van der Waals surface area contributed by atoms with Crippen molar-refractivity contribution in [2.75, 3.05) is 5.32 Å². The molecule has 6 aromatic rings. The summed E-state index contributed by atoms with van der Waals surface area (Å²) in [4.78, 5) is 24.5. The van der Waals surface area contributed by atoms with Crippen LogP contribution in [0.1, 0.15) is 13.8 Å². The van der Waals surface area contributed by atoms with Crippen molar-refractivity contribution < 1.29 is 9.21 Å². The van der Waals surface area contributed by atoms with Crippen LogP contribution >= 0.6 is 0 Å². The molecule has 1 aromatic carbocycles. The van der Waals surface area contributed by atoms with Crippen molar-refractivity contribution >= 4 is 33.5 Å². The van der Waals surface area contributed by atoms with Crippen LogP contribution in [0.2, 0.25) is 0 Å². The molecule has 35 heavy (non-hydrogen) atoms. The van der Waals surface area contributed by atoms with Crippen molar-refractivity contribution in [1.29, 1.82) is 0 Å². The SMILES string of the molecule is CC(C)C(=O)Nc1cncc(-c2cnc3[nH]nc(-c4cc5c(-c6ccoc6)cccc5[nH]4)c3c2)c1. The highest BCUT2D eigenvalue weighted by Gasteiger charge is 2.16. The molecule has 1 amide bonds. The molecule has 172 valence electrons. The van der Waals surface area contributed by atoms with E-state index in [1.54, 1.807) is 31.1 Å². The van der Waals surface area contributed by atoms with Crippen molar-refractivity contribution in [3.63, 3.8) is 0 Å². The van der Waals surface area contributed by atoms with E-state index < -0.39 is 0 Å². The van der Waals surface area contributed by atoms with Gasteiger partial charge in [0.15, 0.2) is 5.65 Å². The molecule has 0 aliphatic rings. The number of carbonyl (C=O) groups is 1. The van der Waals surface area contributed by atoms with Crippen LogP contribution in [0, 0.1) is 5.92 Å². The smallest absolute Gasteiger partial charge is 0.226 e. The highest BCUT2D eigenvalue weighted by atomic mass is 16.3. The van der Waals surface area contributed by atoms with E-state index in [0.717, 1.165) is 49.9 Å². The molecule has 0 aliphatic heterocycles. The molecule has 0 radical (unpaired) electrons. The van der Waals surface area contributed by atoms with Crippen molar-refractivity contribution in [1.82, 2.24) is 25.1 Å². The van der Waals surface area contributed by atoms with Gasteiger partial charge >= 0.3 is 0 Å². The molecule has 8 heteroatoms. The third kappa shape index (κ3) is 3.74. The zero-order valence-electron chi connectivity index (χ0n) is 19.2. The second-order valence-electron chi connectivity index (χ2n) is 8.76. The Morgan fingerprint density at radius 3 is 2.71 bits per heavy atom. The number of benzene rings is 1. The number of furan rings is 1. The number of H-pyrrole nitrogens is 2. The lowest BCUT2D eigenvalue weighted by Crippen LogP contribution is -2.17. The van der Waals surface area contributed by atoms with Crippen molar-refractivity contribution in [2.45, 2.75) is 13.8 Å². The van der Waals surface area contributed by atoms with Gasteiger partial charge in [-0.1, -0.05) is 26.0 Å². The molecule has 0 unspecified atom stereocenters. The fraction of sp³-hybridized carbons (Fsp3) is 0.111. The van der Waals surface area contributed by atoms with Gasteiger partial charge < -0.3 is 14.7 Å². The summed E-state index contributed by atoms with van der Waals surface area (Å²) in [5.74, 6) is -0.168. The zero-order valence-corrected chi connectivity index (χ0v) is 19.2. The van der Waals surface area contributed by atoms with E-state index in [-0.39, 0.29) is 11.8 Å². The lowest BCUT2D eigenvalue weighted by molar-refractivity contribution is -0.118. The summed E-state index contributed by atoms with van der Waals surface area (Å²) < 4.78 is 5.29. The van der Waals surface area contributed by atoms with E-state index in [0.29, 0.717) is 11.3 Å². The molecule has 0 spiro atoms. The van der Waals surface area contributed by atoms with E-state index >= 15 is 0 Å². The maximum atomic E-state index is 12.1. The predicted octanol–water partition coefficient (Wildman–Crippen LogP) is 6.02. The first kappa shape index (κ1) is 20.9. The Bertz CT molecular complexity index is 1680. The van der Waals surface area contributed by atoms with Gasteiger partial charge in [-0.15, -0.1) is 0 Å². The normalized spacial score (nSPS) is 11.5. The number of amides is 1. The lowest BCUT2D eigenvalue weighted by atomic mass is 10.0. The Morgan fingerprint density at radius 1 is 1.00 bits per heavy atom. The molecule has 5 aromatic heterocycles. The third-order valence-electron chi connectivity index (χ3n) is 6.03. The number of rotatable bonds is 5. The summed E-state index contributed by atoms with van der Waals surface area (Å²) in [6, 6.07) is 14.1. The molecule has 0 saturated heterocycles. The van der Waals surface area contributed by atoms with Crippen LogP contribution in [0.15, 0.2) is 78.0 Å². The number of pyridine rings is 2. The van der Waals surface area contributed by atoms with Crippen LogP contribution in [-0.4, -0.2) is 31.1 Å². The third-order valence-corrected chi connectivity index (χ3v) is 6.03. The summed E-state index contributed by atoms with van der Waals surface area (Å²) in [6.07, 6.45) is 8.59. The summed E-state index contributed by atoms with van der Waals surface area (Å²) in [5.41, 5.74) is 7.86. The molecule has 0 fully saturated rings. The molecule has 0 aliphatic carbocycles. The molecular formula is C27H22N6O2. The molecule has 0 saturated carbocycles. The summed E-state index contributed by atoms with van der Waals surface area (Å²) in [7, 11) is 0. The van der Waals surface area contributed by atoms with Gasteiger partial charge in [0.25, 0.3) is 0 Å². The Morgan fingerprint density at radius 2 is 1.89 bits per heavy atom. The van der Waals surface area contributed by atoms with Gasteiger partial charge in [-0.3, -0.25) is 14.9 Å². The quantitative estimate of drug-likeness (QED) is 0.290. The van der Waals surface area contributed by atoms with E-state index in [2.05, 4.69) is 42.6 Å². The van der Waals surface area contributed by atoms with Crippen molar-refractivity contribution in [3.05, 3.63) is 73.6 Å². The standard InChI is InChI=1S/C27H22N6O2/c1-15(2)27(34)30-19-8-17(11-28-13-19)18-9-22-25(32-33-26(22)29-12-18)24-10-21-20(16-6-7-35-14-16)4-3-5-23(21)31-24/h3-15,31H,1-2H3,(H,30,34)(H,29,32,33). The average molecular weight is 463 g/mol. The number of hydrogen-bond donors (Lipinski definition) is 3. The number of hydrogen-bond acceptors (Lipinski definition) is 5. The van der Waals surface area contributed by atoms with Crippen LogP contribution in [0.3, 0.4) is 0 Å². The number of fused-ring (bicyclic) bond motifs is 2. The van der Waals surface area contributed by atoms with E-state index in [4.69, 9.17) is 4.42 Å². The molecule has 0 atom stereocenters. The fourth-order valence-corrected chi connectivity index (χ4v) is 4.17. The van der Waals surface area contributed by atoms with Gasteiger partial charge in [0.2, 0.25) is 5.91 Å². The van der Waals surface area contributed by atoms with E-state index in [1.807, 2.05) is 44.2 Å². The molecular weight excluding hydrogens is 440 g/mol. The number of anilines is 1. The second kappa shape index (κ2) is 8.25. The first-order valence-electron chi connectivity index (χ1n) is 11.3. The Labute approximate surface area is 200 Å². The number of nitrogens with zero attached hydrogens (tertiary/aromatic N) is 3. The van der Waals surface area contributed by atoms with Crippen LogP contribution in [0.4, 0.5) is 5.69 Å². The molecule has 6 rings (SSSR count). The van der Waals surface area contributed by atoms with Gasteiger partial charge in [-0.2, -0.15) is 5.10 Å². The minimum Gasteiger partial charge on any atom is -0.472 e. The van der Waals surface area contributed by atoms with Gasteiger partial charge in [-0.05, 0) is 35.9 Å². The average Bonchev–Trinajstić information content (AvgIpc) is 3.62. The topological polar surface area (TPSA) is 112 Å². The maximum absolute atomic E-state index is 12.1. The van der Waals surface area contributed by atoms with E-state index in [1.165, 1.54) is 0 Å². The minimum absolute atomic E-state index is 0.0525.